The van der Waals surface area contributed by atoms with Crippen molar-refractivity contribution in [1.29, 1.82) is 0 Å². The van der Waals surface area contributed by atoms with E-state index in [0.717, 1.165) is 30.7 Å². The van der Waals surface area contributed by atoms with Crippen LogP contribution in [0.3, 0.4) is 0 Å². The minimum atomic E-state index is 0.897. The molecule has 2 nitrogen and oxygen atoms in total. The molecule has 0 bridgehead atoms. The van der Waals surface area contributed by atoms with Gasteiger partial charge in [0.05, 0.1) is 5.52 Å². The van der Waals surface area contributed by atoms with E-state index >= 15 is 0 Å². The van der Waals surface area contributed by atoms with Gasteiger partial charge < -0.3 is 5.32 Å². The normalized spacial score (nSPS) is 11.1. The number of aromatic nitrogens is 1. The van der Waals surface area contributed by atoms with Gasteiger partial charge in [-0.15, -0.1) is 0 Å². The molecule has 0 aliphatic carbocycles. The molecular weight excluding hydrogens is 264 g/mol. The molecule has 2 heterocycles. The second kappa shape index (κ2) is 6.16. The molecule has 0 aliphatic heterocycles. The van der Waals surface area contributed by atoms with E-state index in [2.05, 4.69) is 58.3 Å². The Labute approximate surface area is 123 Å². The van der Waals surface area contributed by atoms with Crippen LogP contribution in [-0.2, 0) is 13.0 Å². The maximum atomic E-state index is 4.58. The lowest BCUT2D eigenvalue weighted by atomic mass is 10.1. The number of para-hydroxylation sites is 1. The van der Waals surface area contributed by atoms with E-state index in [-0.39, 0.29) is 0 Å². The van der Waals surface area contributed by atoms with Crippen LogP contribution in [0.25, 0.3) is 10.9 Å². The van der Waals surface area contributed by atoms with Crippen molar-refractivity contribution in [3.05, 3.63) is 64.0 Å². The highest BCUT2D eigenvalue weighted by Gasteiger charge is 2.03. The summed E-state index contributed by atoms with van der Waals surface area (Å²) in [7, 11) is 0. The van der Waals surface area contributed by atoms with Crippen molar-refractivity contribution in [3.8, 4) is 0 Å². The lowest BCUT2D eigenvalue weighted by Crippen LogP contribution is -2.16. The molecule has 3 aromatic rings. The van der Waals surface area contributed by atoms with Crippen molar-refractivity contribution in [2.75, 3.05) is 6.54 Å². The summed E-state index contributed by atoms with van der Waals surface area (Å²) < 4.78 is 0. The van der Waals surface area contributed by atoms with Gasteiger partial charge in [-0.1, -0.05) is 18.2 Å². The largest absolute Gasteiger partial charge is 0.312 e. The van der Waals surface area contributed by atoms with Crippen molar-refractivity contribution in [3.63, 3.8) is 0 Å². The van der Waals surface area contributed by atoms with Crippen LogP contribution >= 0.6 is 11.3 Å². The Balaban J connectivity index is 1.68. The van der Waals surface area contributed by atoms with Crippen LogP contribution in [0.5, 0.6) is 0 Å². The highest BCUT2D eigenvalue weighted by molar-refractivity contribution is 7.07. The summed E-state index contributed by atoms with van der Waals surface area (Å²) in [5, 5.41) is 9.14. The molecule has 0 saturated heterocycles. The maximum absolute atomic E-state index is 4.58. The third kappa shape index (κ3) is 3.06. The van der Waals surface area contributed by atoms with Gasteiger partial charge in [0.2, 0.25) is 0 Å². The van der Waals surface area contributed by atoms with Gasteiger partial charge in [-0.3, -0.25) is 4.98 Å². The first-order chi connectivity index (χ1) is 9.83. The zero-order valence-corrected chi connectivity index (χ0v) is 12.4. The molecule has 0 fully saturated rings. The molecule has 0 spiro atoms. The predicted molar refractivity (Wildman–Crippen MR) is 86.2 cm³/mol. The van der Waals surface area contributed by atoms with Crippen LogP contribution in [0.15, 0.2) is 47.2 Å². The van der Waals surface area contributed by atoms with Gasteiger partial charge in [0, 0.05) is 17.6 Å². The standard InChI is InChI=1S/C17H18N2S/c1-13-10-15(16-4-2-3-5-17(16)19-13)11-18-8-6-14-7-9-20-12-14/h2-5,7,9-10,12,18H,6,8,11H2,1H3. The van der Waals surface area contributed by atoms with Gasteiger partial charge >= 0.3 is 0 Å². The topological polar surface area (TPSA) is 24.9 Å². The predicted octanol–water partition coefficient (Wildman–Crippen LogP) is 3.94. The fourth-order valence-electron chi connectivity index (χ4n) is 2.43. The molecular formula is C17H18N2S. The molecule has 1 aromatic carbocycles. The summed E-state index contributed by atoms with van der Waals surface area (Å²) >= 11 is 1.76. The second-order valence-corrected chi connectivity index (χ2v) is 5.78. The first-order valence-corrected chi connectivity index (χ1v) is 7.84. The smallest absolute Gasteiger partial charge is 0.0708 e. The first kappa shape index (κ1) is 13.3. The second-order valence-electron chi connectivity index (χ2n) is 5.00. The Morgan fingerprint density at radius 2 is 2.10 bits per heavy atom. The van der Waals surface area contributed by atoms with Gasteiger partial charge in [0.1, 0.15) is 0 Å². The Bertz CT molecular complexity index is 689. The van der Waals surface area contributed by atoms with Crippen LogP contribution < -0.4 is 5.32 Å². The third-order valence-corrected chi connectivity index (χ3v) is 4.15. The number of hydrogen-bond donors (Lipinski definition) is 1. The summed E-state index contributed by atoms with van der Waals surface area (Å²) in [6.45, 7) is 3.96. The zero-order valence-electron chi connectivity index (χ0n) is 11.6. The van der Waals surface area contributed by atoms with Crippen LogP contribution in [0.4, 0.5) is 0 Å². The molecule has 0 atom stereocenters. The molecule has 3 heteroatoms. The van der Waals surface area contributed by atoms with Crippen LogP contribution in [0, 0.1) is 6.92 Å². The number of hydrogen-bond acceptors (Lipinski definition) is 3. The molecule has 3 rings (SSSR count). The number of fused-ring (bicyclic) bond motifs is 1. The number of benzene rings is 1. The monoisotopic (exact) mass is 282 g/mol. The van der Waals surface area contributed by atoms with E-state index in [1.54, 1.807) is 11.3 Å². The van der Waals surface area contributed by atoms with Gasteiger partial charge in [0.25, 0.3) is 0 Å². The van der Waals surface area contributed by atoms with Crippen molar-refractivity contribution >= 4 is 22.2 Å². The molecule has 0 aliphatic rings. The van der Waals surface area contributed by atoms with E-state index in [9.17, 15) is 0 Å². The van der Waals surface area contributed by atoms with E-state index in [0.29, 0.717) is 0 Å². The maximum Gasteiger partial charge on any atom is 0.0708 e. The van der Waals surface area contributed by atoms with Crippen LogP contribution in [0.2, 0.25) is 0 Å². The number of pyridine rings is 1. The molecule has 102 valence electrons. The van der Waals surface area contributed by atoms with Gasteiger partial charge in [0.15, 0.2) is 0 Å². The first-order valence-electron chi connectivity index (χ1n) is 6.90. The van der Waals surface area contributed by atoms with Gasteiger partial charge in [-0.2, -0.15) is 11.3 Å². The number of nitrogens with one attached hydrogen (secondary N) is 1. The molecule has 0 unspecified atom stereocenters. The molecule has 0 amide bonds. The van der Waals surface area contributed by atoms with Gasteiger partial charge in [-0.05, 0) is 60.0 Å². The molecule has 20 heavy (non-hydrogen) atoms. The van der Waals surface area contributed by atoms with Crippen molar-refractivity contribution in [1.82, 2.24) is 10.3 Å². The zero-order chi connectivity index (χ0) is 13.8. The quantitative estimate of drug-likeness (QED) is 0.717. The van der Waals surface area contributed by atoms with E-state index in [4.69, 9.17) is 0 Å². The average molecular weight is 282 g/mol. The Morgan fingerprint density at radius 1 is 1.20 bits per heavy atom. The lowest BCUT2D eigenvalue weighted by Gasteiger charge is -2.09. The Kier molecular flexibility index (Phi) is 4.09. The van der Waals surface area contributed by atoms with Crippen molar-refractivity contribution in [2.24, 2.45) is 0 Å². The fourth-order valence-corrected chi connectivity index (χ4v) is 3.13. The summed E-state index contributed by atoms with van der Waals surface area (Å²) in [6.07, 6.45) is 1.09. The fraction of sp³-hybridized carbons (Fsp3) is 0.235. The Hall–Kier alpha value is -1.71. The molecule has 1 N–H and O–H groups in total. The summed E-state index contributed by atoms with van der Waals surface area (Å²) in [5.74, 6) is 0. The van der Waals surface area contributed by atoms with Crippen LogP contribution in [-0.4, -0.2) is 11.5 Å². The van der Waals surface area contributed by atoms with E-state index in [1.165, 1.54) is 16.5 Å². The van der Waals surface area contributed by atoms with Crippen LogP contribution in [0.1, 0.15) is 16.8 Å². The molecule has 2 aromatic heterocycles. The van der Waals surface area contributed by atoms with E-state index in [1.807, 2.05) is 6.07 Å². The molecule has 0 saturated carbocycles. The molecule has 0 radical (unpaired) electrons. The third-order valence-electron chi connectivity index (χ3n) is 3.42. The van der Waals surface area contributed by atoms with Gasteiger partial charge in [-0.25, -0.2) is 0 Å². The summed E-state index contributed by atoms with van der Waals surface area (Å²) in [6, 6.07) is 12.7. The Morgan fingerprint density at radius 3 is 2.95 bits per heavy atom. The number of aryl methyl sites for hydroxylation is 1. The van der Waals surface area contributed by atoms with Crippen molar-refractivity contribution < 1.29 is 0 Å². The minimum absolute atomic E-state index is 0.897. The minimum Gasteiger partial charge on any atom is -0.312 e. The summed E-state index contributed by atoms with van der Waals surface area (Å²) in [4.78, 5) is 4.58. The summed E-state index contributed by atoms with van der Waals surface area (Å²) in [5.41, 5.74) is 4.91. The number of nitrogens with zero attached hydrogens (tertiary/aromatic N) is 1. The highest BCUT2D eigenvalue weighted by atomic mass is 32.1. The SMILES string of the molecule is Cc1cc(CNCCc2ccsc2)c2ccccc2n1. The number of rotatable bonds is 5. The lowest BCUT2D eigenvalue weighted by molar-refractivity contribution is 0.690. The van der Waals surface area contributed by atoms with Crippen molar-refractivity contribution in [2.45, 2.75) is 19.9 Å². The van der Waals surface area contributed by atoms with E-state index < -0.39 is 0 Å². The highest BCUT2D eigenvalue weighted by Crippen LogP contribution is 2.18. The average Bonchev–Trinajstić information content (AvgIpc) is 2.96. The number of thiophene rings is 1.